The first-order valence-corrected chi connectivity index (χ1v) is 10.00. The van der Waals surface area contributed by atoms with Gasteiger partial charge in [0.15, 0.2) is 6.10 Å². The van der Waals surface area contributed by atoms with E-state index in [1.807, 2.05) is 6.92 Å². The summed E-state index contributed by atoms with van der Waals surface area (Å²) in [5.41, 5.74) is 0.461. The number of carbonyl (C=O) groups is 2. The molecule has 0 saturated heterocycles. The van der Waals surface area contributed by atoms with Crippen molar-refractivity contribution in [1.29, 1.82) is 0 Å². The molecule has 0 aliphatic heterocycles. The third kappa shape index (κ3) is 5.04. The smallest absolute Gasteiger partial charge is 0.339 e. The van der Waals surface area contributed by atoms with Crippen LogP contribution in [0.2, 0.25) is 0 Å². The number of esters is 1. The van der Waals surface area contributed by atoms with Crippen LogP contribution >= 0.6 is 11.3 Å². The Balaban J connectivity index is 2.03. The van der Waals surface area contributed by atoms with Crippen molar-refractivity contribution in [3.8, 4) is 5.75 Å². The van der Waals surface area contributed by atoms with Crippen molar-refractivity contribution in [2.45, 2.75) is 24.2 Å². The Morgan fingerprint density at radius 1 is 1.31 bits per heavy atom. The maximum absolute atomic E-state index is 12.2. The quantitative estimate of drug-likeness (QED) is 0.687. The zero-order chi connectivity index (χ0) is 19.3. The van der Waals surface area contributed by atoms with E-state index in [0.717, 1.165) is 17.4 Å². The lowest BCUT2D eigenvalue weighted by Crippen LogP contribution is -2.30. The van der Waals surface area contributed by atoms with Gasteiger partial charge in [-0.3, -0.25) is 4.79 Å². The van der Waals surface area contributed by atoms with E-state index >= 15 is 0 Å². The summed E-state index contributed by atoms with van der Waals surface area (Å²) in [5, 5.41) is 8.93. The van der Waals surface area contributed by atoms with Crippen LogP contribution in [0.1, 0.15) is 24.2 Å². The van der Waals surface area contributed by atoms with E-state index in [2.05, 4.69) is 5.32 Å². The minimum absolute atomic E-state index is 0.00777. The molecule has 1 heterocycles. The zero-order valence-corrected chi connectivity index (χ0v) is 15.7. The van der Waals surface area contributed by atoms with E-state index in [1.165, 1.54) is 12.3 Å². The van der Waals surface area contributed by atoms with Crippen molar-refractivity contribution < 1.29 is 27.5 Å². The highest BCUT2D eigenvalue weighted by molar-refractivity contribution is 7.91. The molecule has 0 saturated carbocycles. The van der Waals surface area contributed by atoms with Crippen LogP contribution in [0, 0.1) is 0 Å². The van der Waals surface area contributed by atoms with E-state index in [9.17, 15) is 18.0 Å². The number of nitrogens with one attached hydrogen (secondary N) is 1. The SMILES string of the molecule is CCOc1ccccc1NC(=O)C(C)OC(=O)c1csc(S(N)(=O)=O)c1. The lowest BCUT2D eigenvalue weighted by molar-refractivity contribution is -0.123. The number of carbonyl (C=O) groups excluding carboxylic acids is 2. The molecule has 1 unspecified atom stereocenters. The second kappa shape index (κ2) is 8.30. The Labute approximate surface area is 155 Å². The molecule has 1 amide bonds. The standard InChI is InChI=1S/C16H18N2O6S2/c1-3-23-13-7-5-4-6-12(13)18-15(19)10(2)24-16(20)11-8-14(25-9-11)26(17,21)22/h4-10H,3H2,1-2H3,(H,18,19)(H2,17,21,22). The topological polar surface area (TPSA) is 125 Å². The van der Waals surface area contributed by atoms with E-state index in [1.54, 1.807) is 24.3 Å². The first-order valence-electron chi connectivity index (χ1n) is 7.57. The van der Waals surface area contributed by atoms with E-state index in [4.69, 9.17) is 14.6 Å². The Morgan fingerprint density at radius 2 is 2.00 bits per heavy atom. The molecule has 0 fully saturated rings. The van der Waals surface area contributed by atoms with Gasteiger partial charge in [-0.2, -0.15) is 0 Å². The molecule has 3 N–H and O–H groups in total. The van der Waals surface area contributed by atoms with Crippen molar-refractivity contribution in [1.82, 2.24) is 0 Å². The Kier molecular flexibility index (Phi) is 6.35. The normalized spacial score (nSPS) is 12.3. The van der Waals surface area contributed by atoms with E-state index in [-0.39, 0.29) is 9.77 Å². The summed E-state index contributed by atoms with van der Waals surface area (Å²) >= 11 is 0.799. The van der Waals surface area contributed by atoms with Crippen molar-refractivity contribution >= 4 is 38.9 Å². The van der Waals surface area contributed by atoms with Crippen LogP contribution in [-0.4, -0.2) is 33.0 Å². The number of thiophene rings is 1. The highest BCUT2D eigenvalue weighted by Crippen LogP contribution is 2.24. The number of sulfonamides is 1. The number of anilines is 1. The molecule has 8 nitrogen and oxygen atoms in total. The molecule has 0 bridgehead atoms. The minimum Gasteiger partial charge on any atom is -0.492 e. The van der Waals surface area contributed by atoms with Crippen LogP contribution in [0.3, 0.4) is 0 Å². The summed E-state index contributed by atoms with van der Waals surface area (Å²) in [6, 6.07) is 7.97. The van der Waals surface area contributed by atoms with E-state index < -0.39 is 28.0 Å². The third-order valence-electron chi connectivity index (χ3n) is 3.19. The van der Waals surface area contributed by atoms with Gasteiger partial charge in [0.2, 0.25) is 10.0 Å². The molecule has 1 aromatic heterocycles. The molecular weight excluding hydrogens is 380 g/mol. The highest BCUT2D eigenvalue weighted by atomic mass is 32.2. The van der Waals surface area contributed by atoms with E-state index in [0.29, 0.717) is 18.0 Å². The Bertz CT molecular complexity index is 907. The Morgan fingerprint density at radius 3 is 2.62 bits per heavy atom. The van der Waals surface area contributed by atoms with Gasteiger partial charge in [0.25, 0.3) is 5.91 Å². The minimum atomic E-state index is -3.89. The van der Waals surface area contributed by atoms with Crippen LogP contribution in [0.25, 0.3) is 0 Å². The molecule has 10 heteroatoms. The maximum atomic E-state index is 12.2. The molecule has 2 rings (SSSR count). The van der Waals surface area contributed by atoms with Gasteiger partial charge >= 0.3 is 5.97 Å². The summed E-state index contributed by atoms with van der Waals surface area (Å²) in [6.45, 7) is 3.66. The first-order chi connectivity index (χ1) is 12.2. The lowest BCUT2D eigenvalue weighted by Gasteiger charge is -2.15. The predicted molar refractivity (Wildman–Crippen MR) is 96.8 cm³/mol. The van der Waals surface area contributed by atoms with Gasteiger partial charge in [0, 0.05) is 5.38 Å². The van der Waals surface area contributed by atoms with Gasteiger partial charge in [0.1, 0.15) is 9.96 Å². The van der Waals surface area contributed by atoms with Crippen molar-refractivity contribution in [3.05, 3.63) is 41.3 Å². The fraction of sp³-hybridized carbons (Fsp3) is 0.250. The fourth-order valence-electron chi connectivity index (χ4n) is 1.94. The number of ether oxygens (including phenoxy) is 2. The number of benzene rings is 1. The van der Waals surface area contributed by atoms with Gasteiger partial charge in [0.05, 0.1) is 17.9 Å². The molecule has 140 valence electrons. The number of hydrogen-bond donors (Lipinski definition) is 2. The summed E-state index contributed by atoms with van der Waals surface area (Å²) in [4.78, 5) is 24.3. The molecule has 0 aliphatic rings. The largest absolute Gasteiger partial charge is 0.492 e. The van der Waals surface area contributed by atoms with Gasteiger partial charge in [-0.05, 0) is 32.0 Å². The summed E-state index contributed by atoms with van der Waals surface area (Å²) in [5.74, 6) is -0.873. The average Bonchev–Trinajstić information content (AvgIpc) is 3.07. The monoisotopic (exact) mass is 398 g/mol. The van der Waals surface area contributed by atoms with Crippen LogP contribution in [0.15, 0.2) is 39.9 Å². The summed E-state index contributed by atoms with van der Waals surface area (Å²) < 4.78 is 32.8. The maximum Gasteiger partial charge on any atom is 0.339 e. The fourth-order valence-corrected chi connectivity index (χ4v) is 3.52. The summed E-state index contributed by atoms with van der Waals surface area (Å²) in [7, 11) is -3.89. The van der Waals surface area contributed by atoms with Crippen molar-refractivity contribution in [2.24, 2.45) is 5.14 Å². The van der Waals surface area contributed by atoms with Gasteiger partial charge in [-0.15, -0.1) is 11.3 Å². The molecular formula is C16H18N2O6S2. The van der Waals surface area contributed by atoms with Gasteiger partial charge in [-0.1, -0.05) is 12.1 Å². The molecule has 0 spiro atoms. The van der Waals surface area contributed by atoms with Crippen LogP contribution in [-0.2, 0) is 19.6 Å². The number of para-hydroxylation sites is 2. The average molecular weight is 398 g/mol. The predicted octanol–water partition coefficient (Wildman–Crippen LogP) is 1.98. The highest BCUT2D eigenvalue weighted by Gasteiger charge is 2.22. The second-order valence-corrected chi connectivity index (χ2v) is 7.86. The molecule has 26 heavy (non-hydrogen) atoms. The molecule has 1 atom stereocenters. The zero-order valence-electron chi connectivity index (χ0n) is 14.1. The van der Waals surface area contributed by atoms with Crippen LogP contribution < -0.4 is 15.2 Å². The van der Waals surface area contributed by atoms with Crippen molar-refractivity contribution in [2.75, 3.05) is 11.9 Å². The van der Waals surface area contributed by atoms with Crippen LogP contribution in [0.4, 0.5) is 5.69 Å². The number of amides is 1. The van der Waals surface area contributed by atoms with Crippen LogP contribution in [0.5, 0.6) is 5.75 Å². The number of rotatable bonds is 7. The lowest BCUT2D eigenvalue weighted by atomic mass is 10.2. The molecule has 0 aliphatic carbocycles. The Hall–Kier alpha value is -2.43. The summed E-state index contributed by atoms with van der Waals surface area (Å²) in [6.07, 6.45) is -1.10. The first kappa shape index (κ1) is 19.9. The van der Waals surface area contributed by atoms with Crippen molar-refractivity contribution in [3.63, 3.8) is 0 Å². The van der Waals surface area contributed by atoms with Gasteiger partial charge in [-0.25, -0.2) is 18.4 Å². The number of nitrogens with two attached hydrogens (primary N) is 1. The number of primary sulfonamides is 1. The molecule has 0 radical (unpaired) electrons. The molecule has 1 aromatic carbocycles. The van der Waals surface area contributed by atoms with Gasteiger partial charge < -0.3 is 14.8 Å². The third-order valence-corrected chi connectivity index (χ3v) is 5.58. The molecule has 2 aromatic rings. The number of hydrogen-bond acceptors (Lipinski definition) is 7. The second-order valence-electron chi connectivity index (χ2n) is 5.17.